The molecule has 0 bridgehead atoms. The van der Waals surface area contributed by atoms with Gasteiger partial charge in [-0.05, 0) is 13.3 Å². The molecule has 1 aromatic heterocycles. The van der Waals surface area contributed by atoms with E-state index >= 15 is 0 Å². The lowest BCUT2D eigenvalue weighted by atomic mass is 10.1. The fraction of sp³-hybridized carbons (Fsp3) is 0.769. The third kappa shape index (κ3) is 3.48. The van der Waals surface area contributed by atoms with Gasteiger partial charge in [0, 0.05) is 25.4 Å². The van der Waals surface area contributed by atoms with Gasteiger partial charge in [0.15, 0.2) is 6.29 Å². The van der Waals surface area contributed by atoms with Crippen molar-refractivity contribution in [2.24, 2.45) is 5.73 Å². The minimum absolute atomic E-state index is 0.0349. The number of aryl methyl sites for hydroxylation is 2. The predicted octanol–water partition coefficient (Wildman–Crippen LogP) is 1.75. The Kier molecular flexibility index (Phi) is 5.21. The standard InChI is InChI=1S/C13H22ClN3O2/c1-3-10-13(14)11(17(4-2)16-10)7-9(15)8-12-18-5-6-19-12/h9,12H,3-8,15H2,1-2H3. The second kappa shape index (κ2) is 6.70. The second-order valence-electron chi connectivity index (χ2n) is 4.75. The van der Waals surface area contributed by atoms with Crippen molar-refractivity contribution in [3.05, 3.63) is 16.4 Å². The third-order valence-electron chi connectivity index (χ3n) is 3.34. The van der Waals surface area contributed by atoms with Crippen molar-refractivity contribution in [1.82, 2.24) is 9.78 Å². The van der Waals surface area contributed by atoms with Crippen LogP contribution in [0.3, 0.4) is 0 Å². The van der Waals surface area contributed by atoms with Crippen LogP contribution in [0.15, 0.2) is 0 Å². The number of ether oxygens (including phenoxy) is 2. The maximum Gasteiger partial charge on any atom is 0.159 e. The van der Waals surface area contributed by atoms with Crippen LogP contribution in [0.5, 0.6) is 0 Å². The molecule has 1 fully saturated rings. The first-order chi connectivity index (χ1) is 9.15. The van der Waals surface area contributed by atoms with Crippen LogP contribution in [0.2, 0.25) is 5.02 Å². The quantitative estimate of drug-likeness (QED) is 0.866. The van der Waals surface area contributed by atoms with Crippen LogP contribution in [-0.4, -0.2) is 35.3 Å². The Labute approximate surface area is 119 Å². The Bertz CT molecular complexity index is 416. The number of hydrogen-bond donors (Lipinski definition) is 1. The summed E-state index contributed by atoms with van der Waals surface area (Å²) in [6.07, 6.45) is 2.05. The highest BCUT2D eigenvalue weighted by atomic mass is 35.5. The smallest absolute Gasteiger partial charge is 0.159 e. The molecule has 2 N–H and O–H groups in total. The molecule has 0 amide bonds. The van der Waals surface area contributed by atoms with Crippen LogP contribution in [0.4, 0.5) is 0 Å². The molecule has 6 heteroatoms. The minimum atomic E-state index is -0.169. The number of nitrogens with zero attached hydrogens (tertiary/aromatic N) is 2. The van der Waals surface area contributed by atoms with Gasteiger partial charge in [-0.25, -0.2) is 0 Å². The van der Waals surface area contributed by atoms with Gasteiger partial charge in [0.1, 0.15) is 0 Å². The van der Waals surface area contributed by atoms with Gasteiger partial charge in [-0.3, -0.25) is 4.68 Å². The lowest BCUT2D eigenvalue weighted by molar-refractivity contribution is -0.0505. The molecule has 5 nitrogen and oxygen atoms in total. The molecule has 0 radical (unpaired) electrons. The summed E-state index contributed by atoms with van der Waals surface area (Å²) in [4.78, 5) is 0. The molecule has 1 unspecified atom stereocenters. The van der Waals surface area contributed by atoms with E-state index in [0.29, 0.717) is 26.1 Å². The van der Waals surface area contributed by atoms with E-state index in [4.69, 9.17) is 26.8 Å². The maximum atomic E-state index is 6.37. The van der Waals surface area contributed by atoms with Gasteiger partial charge in [-0.15, -0.1) is 0 Å². The van der Waals surface area contributed by atoms with Gasteiger partial charge in [0.25, 0.3) is 0 Å². The molecular formula is C13H22ClN3O2. The summed E-state index contributed by atoms with van der Waals surface area (Å²) < 4.78 is 12.8. The van der Waals surface area contributed by atoms with Gasteiger partial charge < -0.3 is 15.2 Å². The summed E-state index contributed by atoms with van der Waals surface area (Å²) >= 11 is 6.37. The molecule has 2 rings (SSSR count). The summed E-state index contributed by atoms with van der Waals surface area (Å²) in [6, 6.07) is -0.0349. The van der Waals surface area contributed by atoms with Crippen LogP contribution < -0.4 is 5.73 Å². The van der Waals surface area contributed by atoms with Crippen LogP contribution >= 0.6 is 11.6 Å². The lowest BCUT2D eigenvalue weighted by Crippen LogP contribution is -2.29. The largest absolute Gasteiger partial charge is 0.350 e. The van der Waals surface area contributed by atoms with E-state index in [1.807, 2.05) is 4.68 Å². The van der Waals surface area contributed by atoms with Crippen molar-refractivity contribution in [3.63, 3.8) is 0 Å². The Morgan fingerprint density at radius 1 is 1.42 bits per heavy atom. The van der Waals surface area contributed by atoms with Gasteiger partial charge in [0.2, 0.25) is 0 Å². The summed E-state index contributed by atoms with van der Waals surface area (Å²) in [7, 11) is 0. The van der Waals surface area contributed by atoms with E-state index < -0.39 is 0 Å². The molecule has 2 heterocycles. The molecule has 1 aromatic rings. The molecule has 0 aromatic carbocycles. The van der Waals surface area contributed by atoms with Crippen LogP contribution in [0.25, 0.3) is 0 Å². The highest BCUT2D eigenvalue weighted by Crippen LogP contribution is 2.23. The number of halogens is 1. The van der Waals surface area contributed by atoms with Crippen molar-refractivity contribution < 1.29 is 9.47 Å². The molecule has 1 saturated heterocycles. The summed E-state index contributed by atoms with van der Waals surface area (Å²) in [5.74, 6) is 0. The maximum absolute atomic E-state index is 6.37. The van der Waals surface area contributed by atoms with E-state index in [1.165, 1.54) is 0 Å². The average Bonchev–Trinajstić information content (AvgIpc) is 2.99. The van der Waals surface area contributed by atoms with Crippen LogP contribution in [-0.2, 0) is 28.9 Å². The molecule has 1 aliphatic heterocycles. The van der Waals surface area contributed by atoms with E-state index in [1.54, 1.807) is 0 Å². The molecule has 0 spiro atoms. The van der Waals surface area contributed by atoms with Crippen molar-refractivity contribution in [3.8, 4) is 0 Å². The zero-order valence-electron chi connectivity index (χ0n) is 11.6. The Balaban J connectivity index is 2.02. The first-order valence-electron chi connectivity index (χ1n) is 6.88. The van der Waals surface area contributed by atoms with E-state index in [-0.39, 0.29) is 12.3 Å². The van der Waals surface area contributed by atoms with E-state index in [0.717, 1.165) is 29.4 Å². The molecule has 108 valence electrons. The minimum Gasteiger partial charge on any atom is -0.350 e. The zero-order chi connectivity index (χ0) is 13.8. The molecule has 0 aliphatic carbocycles. The number of rotatable bonds is 6. The molecule has 0 saturated carbocycles. The second-order valence-corrected chi connectivity index (χ2v) is 5.13. The first kappa shape index (κ1) is 14.8. The fourth-order valence-electron chi connectivity index (χ4n) is 2.33. The number of hydrogen-bond acceptors (Lipinski definition) is 4. The topological polar surface area (TPSA) is 62.3 Å². The molecule has 1 atom stereocenters. The summed E-state index contributed by atoms with van der Waals surface area (Å²) in [5, 5.41) is 5.26. The molecular weight excluding hydrogens is 266 g/mol. The lowest BCUT2D eigenvalue weighted by Gasteiger charge is -2.16. The van der Waals surface area contributed by atoms with Crippen molar-refractivity contribution >= 4 is 11.6 Å². The normalized spacial score (nSPS) is 18.1. The Morgan fingerprint density at radius 2 is 2.11 bits per heavy atom. The van der Waals surface area contributed by atoms with Gasteiger partial charge in [-0.2, -0.15) is 5.10 Å². The highest BCUT2D eigenvalue weighted by Gasteiger charge is 2.22. The van der Waals surface area contributed by atoms with Crippen LogP contribution in [0.1, 0.15) is 31.7 Å². The predicted molar refractivity (Wildman–Crippen MR) is 74.3 cm³/mol. The van der Waals surface area contributed by atoms with Crippen LogP contribution in [0, 0.1) is 0 Å². The number of aromatic nitrogens is 2. The van der Waals surface area contributed by atoms with Crippen molar-refractivity contribution in [1.29, 1.82) is 0 Å². The van der Waals surface area contributed by atoms with Gasteiger partial charge in [-0.1, -0.05) is 18.5 Å². The van der Waals surface area contributed by atoms with Crippen molar-refractivity contribution in [2.75, 3.05) is 13.2 Å². The summed E-state index contributed by atoms with van der Waals surface area (Å²) in [5.41, 5.74) is 8.13. The monoisotopic (exact) mass is 287 g/mol. The first-order valence-corrected chi connectivity index (χ1v) is 7.26. The summed E-state index contributed by atoms with van der Waals surface area (Å²) in [6.45, 7) is 6.23. The Hall–Kier alpha value is -0.620. The SMILES string of the molecule is CCc1nn(CC)c(CC(N)CC2OCCO2)c1Cl. The zero-order valence-corrected chi connectivity index (χ0v) is 12.3. The number of nitrogens with two attached hydrogens (primary N) is 1. The van der Waals surface area contributed by atoms with Gasteiger partial charge in [0.05, 0.1) is 29.6 Å². The third-order valence-corrected chi connectivity index (χ3v) is 3.77. The fourth-order valence-corrected chi connectivity index (χ4v) is 2.68. The molecule has 19 heavy (non-hydrogen) atoms. The highest BCUT2D eigenvalue weighted by molar-refractivity contribution is 6.31. The molecule has 1 aliphatic rings. The average molecular weight is 288 g/mol. The van der Waals surface area contributed by atoms with E-state index in [2.05, 4.69) is 18.9 Å². The van der Waals surface area contributed by atoms with Crippen molar-refractivity contribution in [2.45, 2.75) is 52.0 Å². The van der Waals surface area contributed by atoms with E-state index in [9.17, 15) is 0 Å². The Morgan fingerprint density at radius 3 is 2.68 bits per heavy atom. The van der Waals surface area contributed by atoms with Gasteiger partial charge >= 0.3 is 0 Å².